The molecule has 0 bridgehead atoms. The van der Waals surface area contributed by atoms with Gasteiger partial charge in [-0.05, 0) is 30.7 Å². The van der Waals surface area contributed by atoms with Gasteiger partial charge in [-0.3, -0.25) is 4.98 Å². The highest BCUT2D eigenvalue weighted by molar-refractivity contribution is 5.25. The molecule has 0 amide bonds. The maximum absolute atomic E-state index is 13.0. The topological polar surface area (TPSA) is 33.1 Å². The Morgan fingerprint density at radius 3 is 2.50 bits per heavy atom. The summed E-state index contributed by atoms with van der Waals surface area (Å²) in [4.78, 5) is 4.07. The van der Waals surface area contributed by atoms with Crippen LogP contribution in [0.15, 0.2) is 36.5 Å². The second-order valence-electron chi connectivity index (χ2n) is 4.18. The van der Waals surface area contributed by atoms with Gasteiger partial charge < -0.3 is 5.11 Å². The molecule has 18 heavy (non-hydrogen) atoms. The molecule has 0 aliphatic carbocycles. The Labute approximate surface area is 104 Å². The van der Waals surface area contributed by atoms with E-state index in [1.54, 1.807) is 25.3 Å². The molecule has 2 aromatic rings. The van der Waals surface area contributed by atoms with Gasteiger partial charge in [0, 0.05) is 29.9 Å². The number of hydrogen-bond acceptors (Lipinski definition) is 2. The van der Waals surface area contributed by atoms with Gasteiger partial charge in [0.05, 0.1) is 6.10 Å². The van der Waals surface area contributed by atoms with Crippen LogP contribution in [0.4, 0.5) is 8.78 Å². The van der Waals surface area contributed by atoms with Crippen molar-refractivity contribution in [3.05, 3.63) is 65.0 Å². The minimum atomic E-state index is -0.820. The van der Waals surface area contributed by atoms with E-state index in [0.29, 0.717) is 16.8 Å². The number of benzene rings is 1. The summed E-state index contributed by atoms with van der Waals surface area (Å²) in [5.41, 5.74) is 1.80. The standard InChI is InChI=1S/C14H13F2NO/c1-9-13(3-2-4-17-9)14(18)7-10-5-11(15)8-12(16)6-10/h2-6,8,14,18H,7H2,1H3. The maximum Gasteiger partial charge on any atom is 0.126 e. The van der Waals surface area contributed by atoms with Crippen molar-refractivity contribution >= 4 is 0 Å². The van der Waals surface area contributed by atoms with E-state index in [4.69, 9.17) is 0 Å². The Bertz CT molecular complexity index is 537. The first-order chi connectivity index (χ1) is 8.56. The van der Waals surface area contributed by atoms with Crippen molar-refractivity contribution in [2.24, 2.45) is 0 Å². The maximum atomic E-state index is 13.0. The third-order valence-corrected chi connectivity index (χ3v) is 2.76. The Kier molecular flexibility index (Phi) is 3.67. The van der Waals surface area contributed by atoms with Crippen LogP contribution in [0.25, 0.3) is 0 Å². The van der Waals surface area contributed by atoms with Gasteiger partial charge in [0.15, 0.2) is 0 Å². The molecule has 1 aromatic carbocycles. The van der Waals surface area contributed by atoms with Gasteiger partial charge in [-0.25, -0.2) is 8.78 Å². The molecule has 0 saturated heterocycles. The first kappa shape index (κ1) is 12.6. The number of halogens is 2. The molecule has 1 heterocycles. The van der Waals surface area contributed by atoms with Gasteiger partial charge in [-0.15, -0.1) is 0 Å². The van der Waals surface area contributed by atoms with Crippen molar-refractivity contribution in [3.8, 4) is 0 Å². The number of aromatic nitrogens is 1. The number of pyridine rings is 1. The molecular weight excluding hydrogens is 236 g/mol. The van der Waals surface area contributed by atoms with Crippen LogP contribution in [0.3, 0.4) is 0 Å². The summed E-state index contributed by atoms with van der Waals surface area (Å²) < 4.78 is 26.1. The van der Waals surface area contributed by atoms with E-state index in [1.807, 2.05) is 0 Å². The minimum Gasteiger partial charge on any atom is -0.388 e. The van der Waals surface area contributed by atoms with Crippen molar-refractivity contribution in [3.63, 3.8) is 0 Å². The predicted octanol–water partition coefficient (Wildman–Crippen LogP) is 2.94. The van der Waals surface area contributed by atoms with E-state index >= 15 is 0 Å². The number of nitrogens with zero attached hydrogens (tertiary/aromatic N) is 1. The number of aryl methyl sites for hydroxylation is 1. The highest BCUT2D eigenvalue weighted by atomic mass is 19.1. The number of aliphatic hydroxyl groups is 1. The van der Waals surface area contributed by atoms with E-state index in [-0.39, 0.29) is 6.42 Å². The third-order valence-electron chi connectivity index (χ3n) is 2.76. The van der Waals surface area contributed by atoms with Gasteiger partial charge in [-0.1, -0.05) is 6.07 Å². The van der Waals surface area contributed by atoms with Crippen LogP contribution in [0, 0.1) is 18.6 Å². The van der Waals surface area contributed by atoms with Crippen molar-refractivity contribution in [1.29, 1.82) is 0 Å². The molecule has 2 rings (SSSR count). The molecule has 4 heteroatoms. The largest absolute Gasteiger partial charge is 0.388 e. The lowest BCUT2D eigenvalue weighted by atomic mass is 10.0. The quantitative estimate of drug-likeness (QED) is 0.907. The molecule has 1 N–H and O–H groups in total. The summed E-state index contributed by atoms with van der Waals surface area (Å²) in [5, 5.41) is 10.1. The highest BCUT2D eigenvalue weighted by Crippen LogP contribution is 2.21. The Hall–Kier alpha value is -1.81. The summed E-state index contributed by atoms with van der Waals surface area (Å²) in [5.74, 6) is -1.28. The smallest absolute Gasteiger partial charge is 0.126 e. The zero-order valence-corrected chi connectivity index (χ0v) is 9.90. The van der Waals surface area contributed by atoms with Crippen LogP contribution in [-0.4, -0.2) is 10.1 Å². The van der Waals surface area contributed by atoms with Crippen molar-refractivity contribution < 1.29 is 13.9 Å². The molecule has 0 aliphatic heterocycles. The van der Waals surface area contributed by atoms with Crippen LogP contribution in [-0.2, 0) is 6.42 Å². The molecule has 0 fully saturated rings. The average molecular weight is 249 g/mol. The van der Waals surface area contributed by atoms with Gasteiger partial charge in [-0.2, -0.15) is 0 Å². The number of aliphatic hydroxyl groups excluding tert-OH is 1. The first-order valence-electron chi connectivity index (χ1n) is 5.61. The molecule has 1 unspecified atom stereocenters. The van der Waals surface area contributed by atoms with Crippen molar-refractivity contribution in [1.82, 2.24) is 4.98 Å². The monoisotopic (exact) mass is 249 g/mol. The lowest BCUT2D eigenvalue weighted by Crippen LogP contribution is -2.05. The van der Waals surface area contributed by atoms with Crippen LogP contribution in [0.5, 0.6) is 0 Å². The van der Waals surface area contributed by atoms with Gasteiger partial charge in [0.1, 0.15) is 11.6 Å². The zero-order chi connectivity index (χ0) is 13.1. The Morgan fingerprint density at radius 1 is 1.22 bits per heavy atom. The summed E-state index contributed by atoms with van der Waals surface area (Å²) >= 11 is 0. The first-order valence-corrected chi connectivity index (χ1v) is 5.61. The normalized spacial score (nSPS) is 12.4. The van der Waals surface area contributed by atoms with E-state index in [2.05, 4.69) is 4.98 Å². The van der Waals surface area contributed by atoms with Crippen molar-refractivity contribution in [2.45, 2.75) is 19.4 Å². The zero-order valence-electron chi connectivity index (χ0n) is 9.90. The summed E-state index contributed by atoms with van der Waals surface area (Å²) in [6.45, 7) is 1.78. The number of rotatable bonds is 3. The second kappa shape index (κ2) is 5.23. The molecule has 0 aliphatic rings. The van der Waals surface area contributed by atoms with Crippen LogP contribution >= 0.6 is 0 Å². The van der Waals surface area contributed by atoms with Crippen LogP contribution in [0.2, 0.25) is 0 Å². The van der Waals surface area contributed by atoms with E-state index < -0.39 is 17.7 Å². The van der Waals surface area contributed by atoms with Crippen LogP contribution in [0.1, 0.15) is 22.9 Å². The third kappa shape index (κ3) is 2.90. The summed E-state index contributed by atoms with van der Waals surface area (Å²) in [6.07, 6.45) is 0.967. The lowest BCUT2D eigenvalue weighted by molar-refractivity contribution is 0.177. The number of hydrogen-bond donors (Lipinski definition) is 1. The minimum absolute atomic E-state index is 0.154. The fourth-order valence-corrected chi connectivity index (χ4v) is 1.91. The molecule has 0 radical (unpaired) electrons. The fourth-order valence-electron chi connectivity index (χ4n) is 1.91. The highest BCUT2D eigenvalue weighted by Gasteiger charge is 2.12. The second-order valence-corrected chi connectivity index (χ2v) is 4.18. The lowest BCUT2D eigenvalue weighted by Gasteiger charge is -2.13. The molecule has 1 atom stereocenters. The summed E-state index contributed by atoms with van der Waals surface area (Å²) in [6, 6.07) is 6.72. The van der Waals surface area contributed by atoms with E-state index in [9.17, 15) is 13.9 Å². The Morgan fingerprint density at radius 2 is 1.89 bits per heavy atom. The SMILES string of the molecule is Cc1ncccc1C(O)Cc1cc(F)cc(F)c1. The van der Waals surface area contributed by atoms with Crippen molar-refractivity contribution in [2.75, 3.05) is 0 Å². The molecule has 1 aromatic heterocycles. The van der Waals surface area contributed by atoms with Gasteiger partial charge >= 0.3 is 0 Å². The molecule has 0 spiro atoms. The molecular formula is C14H13F2NO. The molecule has 0 saturated carbocycles. The van der Waals surface area contributed by atoms with Gasteiger partial charge in [0.25, 0.3) is 0 Å². The average Bonchev–Trinajstić information content (AvgIpc) is 2.27. The van der Waals surface area contributed by atoms with E-state index in [0.717, 1.165) is 6.07 Å². The predicted molar refractivity (Wildman–Crippen MR) is 64.0 cm³/mol. The molecule has 94 valence electrons. The molecule has 2 nitrogen and oxygen atoms in total. The van der Waals surface area contributed by atoms with E-state index in [1.165, 1.54) is 12.1 Å². The summed E-state index contributed by atoms with van der Waals surface area (Å²) in [7, 11) is 0. The Balaban J connectivity index is 2.21. The van der Waals surface area contributed by atoms with Crippen LogP contribution < -0.4 is 0 Å². The fraction of sp³-hybridized carbons (Fsp3) is 0.214. The van der Waals surface area contributed by atoms with Gasteiger partial charge in [0.2, 0.25) is 0 Å².